The minimum absolute atomic E-state index is 0.0228. The second-order valence-corrected chi connectivity index (χ2v) is 24.1. The van der Waals surface area contributed by atoms with Gasteiger partial charge in [-0.1, -0.05) is 64.2 Å². The number of hydrogen-bond donors (Lipinski definition) is 7. The number of rotatable bonds is 24. The number of carbonyl (C=O) groups excluding carboxylic acids is 6. The third-order valence-electron chi connectivity index (χ3n) is 17.1. The maximum Gasteiger partial charge on any atom is 0.407 e. The lowest BCUT2D eigenvalue weighted by Crippen LogP contribution is -2.61. The Morgan fingerprint density at radius 2 is 1.41 bits per heavy atom. The van der Waals surface area contributed by atoms with Gasteiger partial charge >= 0.3 is 12.1 Å². The Labute approximate surface area is 520 Å². The number of Topliss-reactive ketones (excluding diaryl/α,β-unsaturated/α-hetero) is 2. The number of carbonyl (C=O) groups is 6. The fourth-order valence-electron chi connectivity index (χ4n) is 11.6. The Bertz CT molecular complexity index is 2270. The van der Waals surface area contributed by atoms with Crippen LogP contribution in [0.15, 0.2) is 47.6 Å². The molecule has 16 atom stereocenters. The van der Waals surface area contributed by atoms with Crippen LogP contribution in [0.4, 0.5) is 4.79 Å². The van der Waals surface area contributed by atoms with Gasteiger partial charge in [-0.3, -0.25) is 19.2 Å². The highest BCUT2D eigenvalue weighted by Gasteiger charge is 2.53. The van der Waals surface area contributed by atoms with Gasteiger partial charge in [0.15, 0.2) is 5.78 Å². The molecule has 0 aromatic heterocycles. The Morgan fingerprint density at radius 3 is 2.08 bits per heavy atom. The van der Waals surface area contributed by atoms with E-state index in [0.29, 0.717) is 111 Å². The average molecular weight is 1250 g/mol. The molecule has 0 aromatic carbocycles. The normalized spacial score (nSPS) is 33.6. The van der Waals surface area contributed by atoms with Crippen LogP contribution in [0.3, 0.4) is 0 Å². The predicted molar refractivity (Wildman–Crippen MR) is 325 cm³/mol. The lowest BCUT2D eigenvalue weighted by molar-refractivity contribution is -0.265. The molecular weight excluding hydrogens is 1140 g/mol. The third-order valence-corrected chi connectivity index (χ3v) is 17.1. The van der Waals surface area contributed by atoms with Gasteiger partial charge in [0.2, 0.25) is 11.7 Å². The molecule has 3 aliphatic heterocycles. The van der Waals surface area contributed by atoms with Crippen molar-refractivity contribution in [1.82, 2.24) is 15.5 Å². The summed E-state index contributed by atoms with van der Waals surface area (Å²) in [6.07, 6.45) is 6.72. The molecule has 1 unspecified atom stereocenters. The van der Waals surface area contributed by atoms with Crippen LogP contribution in [0.2, 0.25) is 0 Å². The van der Waals surface area contributed by atoms with Crippen LogP contribution in [0, 0.1) is 29.6 Å². The largest absolute Gasteiger partial charge is 0.459 e. The highest BCUT2D eigenvalue weighted by molar-refractivity contribution is 6.39. The Hall–Kier alpha value is -4.54. The number of nitrogens with zero attached hydrogens (tertiary/aromatic N) is 1. The Morgan fingerprint density at radius 1 is 0.739 bits per heavy atom. The number of aliphatic hydroxyl groups excluding tert-OH is 3. The Balaban J connectivity index is 1.41. The van der Waals surface area contributed by atoms with Gasteiger partial charge in [-0.15, -0.1) is 0 Å². The van der Waals surface area contributed by atoms with E-state index in [1.54, 1.807) is 48.0 Å². The number of ketones is 2. The minimum Gasteiger partial charge on any atom is -0.459 e. The van der Waals surface area contributed by atoms with E-state index in [9.17, 15) is 49.2 Å². The zero-order chi connectivity index (χ0) is 64.8. The van der Waals surface area contributed by atoms with Gasteiger partial charge in [0.25, 0.3) is 11.7 Å². The van der Waals surface area contributed by atoms with E-state index in [1.807, 2.05) is 44.2 Å². The van der Waals surface area contributed by atoms with Crippen LogP contribution in [0.5, 0.6) is 0 Å². The summed E-state index contributed by atoms with van der Waals surface area (Å²) in [5.74, 6) is -8.51. The van der Waals surface area contributed by atoms with Crippen LogP contribution in [-0.4, -0.2) is 228 Å². The van der Waals surface area contributed by atoms with Crippen molar-refractivity contribution in [3.8, 4) is 0 Å². The fourth-order valence-corrected chi connectivity index (χ4v) is 11.6. The van der Waals surface area contributed by atoms with Crippen LogP contribution >= 0.6 is 0 Å². The lowest BCUT2D eigenvalue weighted by Gasteiger charge is -2.42. The summed E-state index contributed by atoms with van der Waals surface area (Å²) in [5, 5.41) is 51.8. The van der Waals surface area contributed by atoms with E-state index >= 15 is 0 Å². The first-order valence-corrected chi connectivity index (χ1v) is 31.6. The molecule has 2 saturated heterocycles. The number of ether oxygens (including phenoxy) is 10. The van der Waals surface area contributed by atoms with Gasteiger partial charge in [0, 0.05) is 84.0 Å². The van der Waals surface area contributed by atoms with Gasteiger partial charge in [-0.2, -0.15) is 0 Å². The molecule has 0 radical (unpaired) electrons. The van der Waals surface area contributed by atoms with E-state index in [-0.39, 0.29) is 75.1 Å². The van der Waals surface area contributed by atoms with Crippen molar-refractivity contribution in [2.24, 2.45) is 35.3 Å². The Kier molecular flexibility index (Phi) is 34.8. The molecule has 0 aromatic rings. The number of cyclic esters (lactones) is 1. The number of aliphatic hydroxyl groups is 4. The van der Waals surface area contributed by atoms with Crippen molar-refractivity contribution in [3.63, 3.8) is 0 Å². The molecule has 3 heterocycles. The van der Waals surface area contributed by atoms with Crippen LogP contribution < -0.4 is 16.4 Å². The lowest BCUT2D eigenvalue weighted by atomic mass is 9.80. The van der Waals surface area contributed by atoms with E-state index < -0.39 is 114 Å². The summed E-state index contributed by atoms with van der Waals surface area (Å²) >= 11 is 0. The summed E-state index contributed by atoms with van der Waals surface area (Å²) in [6, 6.07) is -2.13. The maximum atomic E-state index is 14.6. The number of piperidine rings is 1. The van der Waals surface area contributed by atoms with Crippen molar-refractivity contribution < 1.29 is 96.6 Å². The minimum atomic E-state index is -2.49. The monoisotopic (exact) mass is 1250 g/mol. The van der Waals surface area contributed by atoms with E-state index in [2.05, 4.69) is 10.6 Å². The standard InChI is InChI=1S/C64H106N4O20/c1-41-15-11-10-12-16-42(2)53(80-8)39-48-20-18-46(6)64(78,88-48)60(74)61(75)68-25-14-13-17-50(68)62(76)86-54(40-51(69)43(3)36-45(5)58(72)59(73)57(71)44(4)35-41)49(65)37-47-19-21-52(55(38-47)81-9)87-63(77)67-24-28-83-30-32-85-34-33-84-31-29-82-26-22-56(70)66-23-27-79-7/h10-12,15-16,36,41,43-44,46-55,58-59,69,72-73,78H,13-14,17-35,37-40,65H2,1-9H3,(H,66,70)(H,67,77)/b12-10+,15-11+,42-16+,45-36+/t41-,43?,44-,46-,47+,48+,49-,50+,51-,52-,53+,54+,55-,58-,59+,64-/m1/s1. The zero-order valence-corrected chi connectivity index (χ0v) is 53.6. The number of nitrogens with two attached hydrogens (primary N) is 1. The molecule has 3 amide bonds. The van der Waals surface area contributed by atoms with Crippen molar-refractivity contribution in [2.75, 3.05) is 100 Å². The number of esters is 1. The molecule has 502 valence electrons. The average Bonchev–Trinajstić information content (AvgIpc) is 1.61. The smallest absolute Gasteiger partial charge is 0.407 e. The number of fused-ring (bicyclic) bond motifs is 3. The van der Waals surface area contributed by atoms with Crippen LogP contribution in [0.1, 0.15) is 125 Å². The molecular formula is C64H106N4O20. The number of allylic oxidation sites excluding steroid dienone is 5. The van der Waals surface area contributed by atoms with Crippen LogP contribution in [-0.2, 0) is 71.3 Å². The quantitative estimate of drug-likeness (QED) is 0.0311. The molecule has 24 heteroatoms. The molecule has 88 heavy (non-hydrogen) atoms. The van der Waals surface area contributed by atoms with E-state index in [1.165, 1.54) is 7.11 Å². The topological polar surface area (TPSA) is 329 Å². The molecule has 2 bridgehead atoms. The molecule has 0 spiro atoms. The first-order chi connectivity index (χ1) is 42.0. The van der Waals surface area contributed by atoms with Crippen molar-refractivity contribution in [3.05, 3.63) is 47.6 Å². The van der Waals surface area contributed by atoms with E-state index in [4.69, 9.17) is 53.1 Å². The van der Waals surface area contributed by atoms with Gasteiger partial charge in [0.1, 0.15) is 30.5 Å². The van der Waals surface area contributed by atoms with E-state index in [0.717, 1.165) is 10.5 Å². The van der Waals surface area contributed by atoms with Gasteiger partial charge in [-0.25, -0.2) is 9.59 Å². The number of alkyl carbamates (subject to hydrolysis) is 1. The third kappa shape index (κ3) is 25.3. The molecule has 1 aliphatic carbocycles. The summed E-state index contributed by atoms with van der Waals surface area (Å²) in [4.78, 5) is 82.6. The molecule has 8 N–H and O–H groups in total. The highest BCUT2D eigenvalue weighted by Crippen LogP contribution is 2.37. The van der Waals surface area contributed by atoms with Crippen molar-refractivity contribution >= 4 is 35.4 Å². The maximum absolute atomic E-state index is 14.6. The van der Waals surface area contributed by atoms with Gasteiger partial charge in [-0.05, 0) is 101 Å². The van der Waals surface area contributed by atoms with Gasteiger partial charge < -0.3 is 89.1 Å². The van der Waals surface area contributed by atoms with Crippen molar-refractivity contribution in [1.29, 1.82) is 0 Å². The number of amides is 3. The predicted octanol–water partition coefficient (Wildman–Crippen LogP) is 3.96. The molecule has 4 aliphatic rings. The highest BCUT2D eigenvalue weighted by atomic mass is 16.6. The molecule has 4 rings (SSSR count). The SMILES string of the molecule is COCCNC(=O)CCOCCOCCOCCOCCNC(=O)O[C@@H]1CC[C@@H](C[C@@H](N)[C@@H]2C[C@@H](O)C(C)/C=C(\C)[C@@H](O)[C@@H](O)C(=O)[C@H](C)C[C@H](C)/C=C/C=C/C=C(\C)[C@@H](OC)C[C@@H]3CC[C@@H](C)[C@@](O)(O3)C(=O)C(=O)N3CCCC[C@H]3C(=O)O2)C[C@H]1OC. The molecule has 1 saturated carbocycles. The van der Waals surface area contributed by atoms with Crippen LogP contribution in [0.25, 0.3) is 0 Å². The second kappa shape index (κ2) is 40.3. The van der Waals surface area contributed by atoms with Crippen molar-refractivity contribution in [2.45, 2.75) is 192 Å². The summed E-state index contributed by atoms with van der Waals surface area (Å²) < 4.78 is 56.8. The second-order valence-electron chi connectivity index (χ2n) is 24.1. The summed E-state index contributed by atoms with van der Waals surface area (Å²) in [7, 11) is 4.64. The number of hydrogen-bond acceptors (Lipinski definition) is 21. The summed E-state index contributed by atoms with van der Waals surface area (Å²) in [6.45, 7) is 14.1. The van der Waals surface area contributed by atoms with Gasteiger partial charge in [0.05, 0.1) is 83.9 Å². The number of nitrogens with one attached hydrogen (secondary N) is 2. The first-order valence-electron chi connectivity index (χ1n) is 31.6. The first kappa shape index (κ1) is 75.9. The molecule has 24 nitrogen and oxygen atoms in total. The summed E-state index contributed by atoms with van der Waals surface area (Å²) in [5.41, 5.74) is 8.09. The zero-order valence-electron chi connectivity index (χ0n) is 53.6. The molecule has 3 fully saturated rings. The fraction of sp³-hybridized carbons (Fsp3) is 0.781. The number of methoxy groups -OCH3 is 3.